The maximum absolute atomic E-state index is 11.9. The molecule has 0 fully saturated rings. The Morgan fingerprint density at radius 3 is 2.42 bits per heavy atom. The minimum absolute atomic E-state index is 0.309. The van der Waals surface area contributed by atoms with E-state index in [9.17, 15) is 18.0 Å². The summed E-state index contributed by atoms with van der Waals surface area (Å²) in [5.41, 5.74) is 1.02. The number of alkyl halides is 3. The summed E-state index contributed by atoms with van der Waals surface area (Å²) in [5, 5.41) is 0. The Hall–Kier alpha value is -1.72. The first-order valence-electron chi connectivity index (χ1n) is 5.94. The molecule has 0 saturated carbocycles. The number of carbonyl (C=O) groups is 1. The smallest absolute Gasteiger partial charge is 0.422 e. The third-order valence-electron chi connectivity index (χ3n) is 2.51. The van der Waals surface area contributed by atoms with Crippen LogP contribution in [0.5, 0.6) is 0 Å². The molecular weight excluding hydrogens is 259 g/mol. The molecule has 0 radical (unpaired) electrons. The van der Waals surface area contributed by atoms with Crippen LogP contribution in [0.1, 0.15) is 12.5 Å². The number of benzene rings is 1. The molecule has 0 atom stereocenters. The summed E-state index contributed by atoms with van der Waals surface area (Å²) in [6.07, 6.45) is -4.85. The van der Waals surface area contributed by atoms with Crippen LogP contribution in [0.2, 0.25) is 0 Å². The fourth-order valence-corrected chi connectivity index (χ4v) is 1.52. The molecule has 6 heteroatoms. The molecule has 0 heterocycles. The molecule has 1 rings (SSSR count). The van der Waals surface area contributed by atoms with Crippen LogP contribution < -0.4 is 0 Å². The zero-order chi connectivity index (χ0) is 14.3. The Morgan fingerprint density at radius 1 is 1.26 bits per heavy atom. The topological polar surface area (TPSA) is 29.5 Å². The number of nitrogens with zero attached hydrogens (tertiary/aromatic N) is 1. The van der Waals surface area contributed by atoms with Gasteiger partial charge in [0, 0.05) is 13.1 Å². The van der Waals surface area contributed by atoms with Gasteiger partial charge in [0.2, 0.25) is 0 Å². The number of ether oxygens (including phenoxy) is 1. The molecule has 0 aromatic heterocycles. The van der Waals surface area contributed by atoms with Crippen molar-refractivity contribution in [2.45, 2.75) is 19.5 Å². The van der Waals surface area contributed by atoms with Crippen molar-refractivity contribution in [3.05, 3.63) is 35.9 Å². The molecule has 0 aliphatic heterocycles. The summed E-state index contributed by atoms with van der Waals surface area (Å²) < 4.78 is 40.0. The predicted molar refractivity (Wildman–Crippen MR) is 64.8 cm³/mol. The van der Waals surface area contributed by atoms with Crippen molar-refractivity contribution in [3.8, 4) is 0 Å². The van der Waals surface area contributed by atoms with Crippen molar-refractivity contribution in [2.75, 3.05) is 19.7 Å². The van der Waals surface area contributed by atoms with Gasteiger partial charge in [-0.2, -0.15) is 13.2 Å². The van der Waals surface area contributed by atoms with Gasteiger partial charge < -0.3 is 9.64 Å². The lowest BCUT2D eigenvalue weighted by atomic mass is 10.1. The number of halogens is 3. The molecule has 1 amide bonds. The van der Waals surface area contributed by atoms with E-state index in [1.807, 2.05) is 30.3 Å². The van der Waals surface area contributed by atoms with E-state index in [1.54, 1.807) is 6.92 Å². The Labute approximate surface area is 110 Å². The summed E-state index contributed by atoms with van der Waals surface area (Å²) in [4.78, 5) is 12.7. The van der Waals surface area contributed by atoms with Crippen molar-refractivity contribution in [3.63, 3.8) is 0 Å². The Balaban J connectivity index is 2.42. The molecule has 1 aromatic rings. The van der Waals surface area contributed by atoms with Crippen molar-refractivity contribution in [1.82, 2.24) is 4.90 Å². The van der Waals surface area contributed by atoms with Gasteiger partial charge in [-0.15, -0.1) is 0 Å². The first-order valence-corrected chi connectivity index (χ1v) is 5.94. The number of rotatable bonds is 5. The minimum Gasteiger partial charge on any atom is -0.440 e. The quantitative estimate of drug-likeness (QED) is 0.825. The van der Waals surface area contributed by atoms with Crippen LogP contribution in [-0.2, 0) is 11.2 Å². The SMILES string of the molecule is CCN(CCc1ccccc1)C(=O)OCC(F)(F)F. The average Bonchev–Trinajstić information content (AvgIpc) is 2.37. The van der Waals surface area contributed by atoms with E-state index in [1.165, 1.54) is 4.90 Å². The van der Waals surface area contributed by atoms with E-state index in [4.69, 9.17) is 0 Å². The van der Waals surface area contributed by atoms with E-state index < -0.39 is 18.9 Å². The van der Waals surface area contributed by atoms with Gasteiger partial charge >= 0.3 is 12.3 Å². The van der Waals surface area contributed by atoms with Crippen molar-refractivity contribution >= 4 is 6.09 Å². The van der Waals surface area contributed by atoms with Crippen LogP contribution in [-0.4, -0.2) is 36.9 Å². The fourth-order valence-electron chi connectivity index (χ4n) is 1.52. The van der Waals surface area contributed by atoms with Crippen LogP contribution in [0.25, 0.3) is 0 Å². The Morgan fingerprint density at radius 2 is 1.89 bits per heavy atom. The fraction of sp³-hybridized carbons (Fsp3) is 0.462. The molecule has 3 nitrogen and oxygen atoms in total. The molecular formula is C13H16F3NO2. The second-order valence-corrected chi connectivity index (χ2v) is 3.99. The second kappa shape index (κ2) is 7.01. The Kier molecular flexibility index (Phi) is 5.66. The molecule has 0 aliphatic carbocycles. The zero-order valence-electron chi connectivity index (χ0n) is 10.6. The third kappa shape index (κ3) is 6.13. The van der Waals surface area contributed by atoms with Gasteiger partial charge in [0.1, 0.15) is 0 Å². The van der Waals surface area contributed by atoms with Gasteiger partial charge in [-0.1, -0.05) is 30.3 Å². The molecule has 1 aromatic carbocycles. The lowest BCUT2D eigenvalue weighted by molar-refractivity contribution is -0.162. The number of hydrogen-bond acceptors (Lipinski definition) is 2. The predicted octanol–water partition coefficient (Wildman–Crippen LogP) is 3.25. The number of carbonyl (C=O) groups excluding carboxylic acids is 1. The third-order valence-corrected chi connectivity index (χ3v) is 2.51. The monoisotopic (exact) mass is 275 g/mol. The van der Waals surface area contributed by atoms with E-state index in [0.29, 0.717) is 19.5 Å². The lowest BCUT2D eigenvalue weighted by Gasteiger charge is -2.20. The zero-order valence-corrected chi connectivity index (χ0v) is 10.6. The summed E-state index contributed by atoms with van der Waals surface area (Å²) in [7, 11) is 0. The molecule has 0 aliphatic rings. The highest BCUT2D eigenvalue weighted by Crippen LogP contribution is 2.15. The largest absolute Gasteiger partial charge is 0.440 e. The number of hydrogen-bond donors (Lipinski definition) is 0. The van der Waals surface area contributed by atoms with Crippen LogP contribution in [0.3, 0.4) is 0 Å². The number of amides is 1. The molecule has 0 unspecified atom stereocenters. The van der Waals surface area contributed by atoms with Gasteiger partial charge in [0.25, 0.3) is 0 Å². The van der Waals surface area contributed by atoms with E-state index in [-0.39, 0.29) is 0 Å². The standard InChI is InChI=1S/C13H16F3NO2/c1-2-17(12(18)19-10-13(14,15)16)9-8-11-6-4-3-5-7-11/h3-7H,2,8-10H2,1H3. The summed E-state index contributed by atoms with van der Waals surface area (Å²) >= 11 is 0. The Bertz CT molecular complexity index is 393. The van der Waals surface area contributed by atoms with Crippen molar-refractivity contribution in [2.24, 2.45) is 0 Å². The van der Waals surface area contributed by atoms with Gasteiger partial charge in [0.15, 0.2) is 6.61 Å². The van der Waals surface area contributed by atoms with E-state index in [2.05, 4.69) is 4.74 Å². The molecule has 106 valence electrons. The highest BCUT2D eigenvalue weighted by atomic mass is 19.4. The van der Waals surface area contributed by atoms with Gasteiger partial charge in [-0.25, -0.2) is 4.79 Å². The normalized spacial score (nSPS) is 11.2. The van der Waals surface area contributed by atoms with Crippen LogP contribution >= 0.6 is 0 Å². The summed E-state index contributed by atoms with van der Waals surface area (Å²) in [5.74, 6) is 0. The highest BCUT2D eigenvalue weighted by Gasteiger charge is 2.30. The van der Waals surface area contributed by atoms with Crippen LogP contribution in [0, 0.1) is 0 Å². The first kappa shape index (κ1) is 15.3. The maximum Gasteiger partial charge on any atom is 0.422 e. The second-order valence-electron chi connectivity index (χ2n) is 3.99. The molecule has 0 N–H and O–H groups in total. The first-order chi connectivity index (χ1) is 8.92. The van der Waals surface area contributed by atoms with E-state index >= 15 is 0 Å². The van der Waals surface area contributed by atoms with Gasteiger partial charge in [-0.05, 0) is 18.9 Å². The highest BCUT2D eigenvalue weighted by molar-refractivity contribution is 5.67. The van der Waals surface area contributed by atoms with Crippen molar-refractivity contribution in [1.29, 1.82) is 0 Å². The lowest BCUT2D eigenvalue weighted by Crippen LogP contribution is -2.35. The molecule has 19 heavy (non-hydrogen) atoms. The summed E-state index contributed by atoms with van der Waals surface area (Å²) in [6.45, 7) is 0.786. The maximum atomic E-state index is 11.9. The molecule has 0 saturated heterocycles. The average molecular weight is 275 g/mol. The van der Waals surface area contributed by atoms with Gasteiger partial charge in [-0.3, -0.25) is 0 Å². The molecule has 0 bridgehead atoms. The van der Waals surface area contributed by atoms with Gasteiger partial charge in [0.05, 0.1) is 0 Å². The van der Waals surface area contributed by atoms with Crippen LogP contribution in [0.4, 0.5) is 18.0 Å². The molecule has 0 spiro atoms. The van der Waals surface area contributed by atoms with Crippen molar-refractivity contribution < 1.29 is 22.7 Å². The summed E-state index contributed by atoms with van der Waals surface area (Å²) in [6, 6.07) is 9.41. The van der Waals surface area contributed by atoms with Crippen LogP contribution in [0.15, 0.2) is 30.3 Å². The minimum atomic E-state index is -4.49. The van der Waals surface area contributed by atoms with E-state index in [0.717, 1.165) is 5.56 Å². The number of likely N-dealkylation sites (N-methyl/N-ethyl adjacent to an activating group) is 1.